The highest BCUT2D eigenvalue weighted by molar-refractivity contribution is 7.86. The second-order valence-corrected chi connectivity index (χ2v) is 5.85. The van der Waals surface area contributed by atoms with Gasteiger partial charge in [0.15, 0.2) is 0 Å². The van der Waals surface area contributed by atoms with Gasteiger partial charge in [-0.3, -0.25) is 9.35 Å². The van der Waals surface area contributed by atoms with Crippen LogP contribution in [0.1, 0.15) is 15.9 Å². The number of alkyl halides is 3. The summed E-state index contributed by atoms with van der Waals surface area (Å²) in [7, 11) is -4.75. The molecule has 0 unspecified atom stereocenters. The third-order valence-corrected chi connectivity index (χ3v) is 3.82. The molecular weight excluding hydrogens is 309 g/mol. The first-order valence-electron chi connectivity index (χ1n) is 5.64. The van der Waals surface area contributed by atoms with Crippen molar-refractivity contribution in [2.75, 3.05) is 0 Å². The van der Waals surface area contributed by atoms with E-state index in [1.54, 1.807) is 6.92 Å². The average Bonchev–Trinajstić information content (AvgIpc) is 2.60. The maximum Gasteiger partial charge on any atom is 0.454 e. The van der Waals surface area contributed by atoms with Crippen molar-refractivity contribution in [2.45, 2.75) is 18.0 Å². The Morgan fingerprint density at radius 2 is 1.62 bits per heavy atom. The molecule has 0 saturated heterocycles. The number of hydrogen-bond donors (Lipinski definition) is 1. The van der Waals surface area contributed by atoms with Gasteiger partial charge >= 0.3 is 6.18 Å². The lowest BCUT2D eigenvalue weighted by Crippen LogP contribution is -2.22. The summed E-state index contributed by atoms with van der Waals surface area (Å²) in [4.78, 5) is 10.7. The van der Waals surface area contributed by atoms with Crippen LogP contribution in [-0.4, -0.2) is 24.9 Å². The molecule has 0 heterocycles. The highest BCUT2D eigenvalue weighted by Crippen LogP contribution is 2.37. The van der Waals surface area contributed by atoms with E-state index in [0.29, 0.717) is 11.6 Å². The van der Waals surface area contributed by atoms with Crippen LogP contribution in [0.25, 0.3) is 11.1 Å². The van der Waals surface area contributed by atoms with E-state index in [1.165, 1.54) is 24.3 Å². The van der Waals surface area contributed by atoms with Crippen molar-refractivity contribution in [1.29, 1.82) is 0 Å². The molecule has 2 aliphatic carbocycles. The van der Waals surface area contributed by atoms with Crippen LogP contribution in [0.3, 0.4) is 0 Å². The highest BCUT2D eigenvalue weighted by Gasteiger charge is 2.42. The second-order valence-electron chi connectivity index (χ2n) is 4.46. The van der Waals surface area contributed by atoms with Crippen molar-refractivity contribution in [1.82, 2.24) is 0 Å². The van der Waals surface area contributed by atoms with Crippen LogP contribution in [0.2, 0.25) is 0 Å². The molecule has 0 spiro atoms. The Balaban J connectivity index is 2.84. The number of rotatable bonds is 2. The van der Waals surface area contributed by atoms with Crippen LogP contribution in [-0.2, 0) is 10.1 Å². The molecule has 0 aromatic rings. The molecule has 8 heteroatoms. The number of ketones is 1. The van der Waals surface area contributed by atoms with Crippen molar-refractivity contribution in [3.05, 3.63) is 41.5 Å². The van der Waals surface area contributed by atoms with Gasteiger partial charge in [-0.2, -0.15) is 21.6 Å². The van der Waals surface area contributed by atoms with E-state index in [4.69, 9.17) is 4.55 Å². The maximum atomic E-state index is 12.6. The fourth-order valence-electron chi connectivity index (χ4n) is 1.95. The summed E-state index contributed by atoms with van der Waals surface area (Å²) < 4.78 is 69.4. The summed E-state index contributed by atoms with van der Waals surface area (Å²) in [6, 6.07) is 5.94. The third kappa shape index (κ3) is 2.91. The quantitative estimate of drug-likeness (QED) is 0.682. The van der Waals surface area contributed by atoms with Gasteiger partial charge in [0.2, 0.25) is 0 Å². The number of halogens is 3. The van der Waals surface area contributed by atoms with Gasteiger partial charge in [0.25, 0.3) is 15.9 Å². The van der Waals surface area contributed by atoms with E-state index >= 15 is 0 Å². The van der Waals surface area contributed by atoms with Crippen molar-refractivity contribution in [3.63, 3.8) is 0 Å². The fraction of sp³-hybridized carbons (Fsp3) is 0.154. The molecule has 0 bridgehead atoms. The van der Waals surface area contributed by atoms with Crippen LogP contribution in [0.5, 0.6) is 0 Å². The standard InChI is InChI=1S/C13H9F3O4S/c1-7-2-4-8-9(5-3-7)11(21(18,19)20)6-10(8)12(17)13(14,15)16/h2-6H,1H3,(H,18,19,20). The lowest BCUT2D eigenvalue weighted by atomic mass is 10.1. The van der Waals surface area contributed by atoms with Gasteiger partial charge < -0.3 is 0 Å². The van der Waals surface area contributed by atoms with Crippen LogP contribution in [0.15, 0.2) is 35.2 Å². The Morgan fingerprint density at radius 1 is 1.10 bits per heavy atom. The number of Topliss-reactive ketones (excluding diaryl/α,β-unsaturated/α-hetero) is 1. The molecule has 21 heavy (non-hydrogen) atoms. The molecule has 0 radical (unpaired) electrons. The topological polar surface area (TPSA) is 71.4 Å². The summed E-state index contributed by atoms with van der Waals surface area (Å²) in [5, 5.41) is 0. The van der Waals surface area contributed by atoms with Crippen LogP contribution in [0, 0.1) is 6.92 Å². The Morgan fingerprint density at radius 3 is 2.10 bits per heavy atom. The van der Waals surface area contributed by atoms with Crippen molar-refractivity contribution >= 4 is 15.9 Å². The van der Waals surface area contributed by atoms with Gasteiger partial charge in [-0.15, -0.1) is 0 Å². The predicted octanol–water partition coefficient (Wildman–Crippen LogP) is 3.09. The molecule has 0 aliphatic heterocycles. The summed E-state index contributed by atoms with van der Waals surface area (Å²) in [5.41, 5.74) is -0.477. The van der Waals surface area contributed by atoms with Gasteiger partial charge in [-0.05, 0) is 18.6 Å². The summed E-state index contributed by atoms with van der Waals surface area (Å²) in [6.45, 7) is 1.65. The average molecular weight is 318 g/mol. The molecule has 0 aromatic carbocycles. The molecule has 2 aliphatic rings. The van der Waals surface area contributed by atoms with Crippen LogP contribution >= 0.6 is 0 Å². The molecule has 4 nitrogen and oxygen atoms in total. The summed E-state index contributed by atoms with van der Waals surface area (Å²) >= 11 is 0. The van der Waals surface area contributed by atoms with Crippen molar-refractivity contribution < 1.29 is 30.9 Å². The number of hydrogen-bond acceptors (Lipinski definition) is 3. The molecule has 112 valence electrons. The molecule has 0 atom stereocenters. The lowest BCUT2D eigenvalue weighted by molar-refractivity contribution is -0.0884. The van der Waals surface area contributed by atoms with Gasteiger partial charge in [0.1, 0.15) is 4.90 Å². The zero-order chi connectivity index (χ0) is 16.0. The SMILES string of the molecule is Cc1ccc2c(C(=O)C(F)(F)F)cc(S(=O)(=O)O)c-2cc1. The fourth-order valence-corrected chi connectivity index (χ4v) is 2.68. The molecular formula is C13H9F3O4S. The van der Waals surface area contributed by atoms with Crippen LogP contribution < -0.4 is 0 Å². The monoisotopic (exact) mass is 318 g/mol. The van der Waals surface area contributed by atoms with Gasteiger partial charge in [0, 0.05) is 11.1 Å². The number of fused-ring (bicyclic) bond motifs is 1. The van der Waals surface area contributed by atoms with E-state index in [2.05, 4.69) is 0 Å². The maximum absolute atomic E-state index is 12.6. The van der Waals surface area contributed by atoms with E-state index in [1.807, 2.05) is 0 Å². The minimum Gasteiger partial charge on any atom is -0.284 e. The molecule has 2 rings (SSSR count). The van der Waals surface area contributed by atoms with Gasteiger partial charge in [-0.25, -0.2) is 0 Å². The second kappa shape index (κ2) is 4.81. The Hall–Kier alpha value is -1.93. The Labute approximate surface area is 118 Å². The molecule has 0 saturated carbocycles. The molecule has 0 fully saturated rings. The van der Waals surface area contributed by atoms with E-state index in [9.17, 15) is 26.4 Å². The summed E-state index contributed by atoms with van der Waals surface area (Å²) in [5.74, 6) is -2.16. The number of carbonyl (C=O) groups excluding carboxylic acids is 1. The zero-order valence-electron chi connectivity index (χ0n) is 10.6. The minimum absolute atomic E-state index is 0.141. The molecule has 0 amide bonds. The lowest BCUT2D eigenvalue weighted by Gasteiger charge is -2.04. The Kier molecular flexibility index (Phi) is 3.54. The predicted molar refractivity (Wildman–Crippen MR) is 68.0 cm³/mol. The third-order valence-electron chi connectivity index (χ3n) is 2.93. The normalized spacial score (nSPS) is 12.6. The van der Waals surface area contributed by atoms with Crippen molar-refractivity contribution in [3.8, 4) is 11.1 Å². The number of carbonyl (C=O) groups is 1. The summed E-state index contributed by atoms with van der Waals surface area (Å²) in [6.07, 6.45) is -5.14. The minimum atomic E-state index is -5.14. The molecule has 0 aromatic heterocycles. The zero-order valence-corrected chi connectivity index (χ0v) is 11.4. The molecule has 1 N–H and O–H groups in total. The van der Waals surface area contributed by atoms with E-state index < -0.39 is 32.5 Å². The van der Waals surface area contributed by atoms with Crippen molar-refractivity contribution in [2.24, 2.45) is 0 Å². The van der Waals surface area contributed by atoms with Gasteiger partial charge in [0.05, 0.1) is 0 Å². The van der Waals surface area contributed by atoms with Gasteiger partial charge in [-0.1, -0.05) is 29.8 Å². The Bertz CT molecular complexity index is 794. The first-order chi connectivity index (χ1) is 9.51. The number of aryl methyl sites for hydroxylation is 1. The largest absolute Gasteiger partial charge is 0.454 e. The van der Waals surface area contributed by atoms with E-state index in [0.717, 1.165) is 0 Å². The smallest absolute Gasteiger partial charge is 0.284 e. The van der Waals surface area contributed by atoms with Crippen LogP contribution in [0.4, 0.5) is 13.2 Å². The van der Waals surface area contributed by atoms with E-state index in [-0.39, 0.29) is 11.1 Å². The first-order valence-corrected chi connectivity index (χ1v) is 7.08. The highest BCUT2D eigenvalue weighted by atomic mass is 32.2. The first kappa shape index (κ1) is 15.5.